The summed E-state index contributed by atoms with van der Waals surface area (Å²) >= 11 is 0. The van der Waals surface area contributed by atoms with Gasteiger partial charge in [0.1, 0.15) is 0 Å². The lowest BCUT2D eigenvalue weighted by Crippen LogP contribution is -2.56. The zero-order valence-corrected chi connectivity index (χ0v) is 19.4. The van der Waals surface area contributed by atoms with Gasteiger partial charge in [-0.25, -0.2) is 0 Å². The van der Waals surface area contributed by atoms with Crippen LogP contribution in [0.5, 0.6) is 0 Å². The first-order valence-electron chi connectivity index (χ1n) is 12.5. The maximum atomic E-state index is 11.5. The molecule has 0 N–H and O–H groups in total. The Morgan fingerprint density at radius 1 is 1.00 bits per heavy atom. The summed E-state index contributed by atoms with van der Waals surface area (Å²) in [5.74, 6) is 0.855. The maximum Gasteiger partial charge on any atom is 0.159 e. The van der Waals surface area contributed by atoms with Gasteiger partial charge in [-0.2, -0.15) is 0 Å². The van der Waals surface area contributed by atoms with Crippen LogP contribution in [-0.4, -0.2) is 85.6 Å². The van der Waals surface area contributed by atoms with Crippen LogP contribution >= 0.6 is 0 Å². The monoisotopic (exact) mass is 427 g/mol. The standard InChI is InChI=1S/C26H41N3O2/c1-22(30)25-8-6-23(7-9-25)19-28-15-16-29-14-10-24(18-26(29)20-28)21-31-17-5-13-27-11-3-2-4-12-27/h6-9,24,26H,2-5,10-21H2,1H3/t24-,26+/m1/s1. The number of nitrogens with zero attached hydrogens (tertiary/aromatic N) is 3. The van der Waals surface area contributed by atoms with Crippen molar-refractivity contribution in [3.05, 3.63) is 35.4 Å². The molecule has 4 rings (SSSR count). The normalized spacial score (nSPS) is 26.0. The van der Waals surface area contributed by atoms with Crippen LogP contribution < -0.4 is 0 Å². The van der Waals surface area contributed by atoms with Gasteiger partial charge in [-0.1, -0.05) is 30.7 Å². The third-order valence-electron chi connectivity index (χ3n) is 7.45. The molecule has 3 fully saturated rings. The molecule has 1 aromatic carbocycles. The van der Waals surface area contributed by atoms with Gasteiger partial charge in [-0.15, -0.1) is 0 Å². The zero-order chi connectivity index (χ0) is 21.5. The van der Waals surface area contributed by atoms with Gasteiger partial charge in [-0.05, 0) is 70.1 Å². The highest BCUT2D eigenvalue weighted by molar-refractivity contribution is 5.93. The van der Waals surface area contributed by atoms with E-state index in [9.17, 15) is 4.79 Å². The third-order valence-corrected chi connectivity index (χ3v) is 7.45. The lowest BCUT2D eigenvalue weighted by molar-refractivity contribution is -0.000116. The highest BCUT2D eigenvalue weighted by Gasteiger charge is 2.33. The number of rotatable bonds is 9. The summed E-state index contributed by atoms with van der Waals surface area (Å²) < 4.78 is 6.11. The molecule has 0 unspecified atom stereocenters. The Kier molecular flexibility index (Phi) is 8.54. The Bertz CT molecular complexity index is 686. The Hall–Kier alpha value is -1.27. The minimum atomic E-state index is 0.141. The zero-order valence-electron chi connectivity index (χ0n) is 19.4. The summed E-state index contributed by atoms with van der Waals surface area (Å²) in [6.45, 7) is 13.0. The van der Waals surface area contributed by atoms with Crippen LogP contribution in [0.25, 0.3) is 0 Å². The summed E-state index contributed by atoms with van der Waals surface area (Å²) in [7, 11) is 0. The molecule has 1 aromatic rings. The van der Waals surface area contributed by atoms with E-state index in [1.54, 1.807) is 6.92 Å². The van der Waals surface area contributed by atoms with Crippen molar-refractivity contribution in [3.63, 3.8) is 0 Å². The number of Topliss-reactive ketones (excluding diaryl/α,β-unsaturated/α-hetero) is 1. The van der Waals surface area contributed by atoms with Gasteiger partial charge in [0, 0.05) is 57.5 Å². The smallest absolute Gasteiger partial charge is 0.159 e. The molecule has 0 saturated carbocycles. The SMILES string of the molecule is CC(=O)c1ccc(CN2CCN3CC[C@@H](COCCCN4CCCCC4)C[C@H]3C2)cc1. The van der Waals surface area contributed by atoms with E-state index >= 15 is 0 Å². The van der Waals surface area contributed by atoms with E-state index in [0.29, 0.717) is 12.0 Å². The fourth-order valence-corrected chi connectivity index (χ4v) is 5.55. The van der Waals surface area contributed by atoms with Crippen molar-refractivity contribution in [2.45, 2.75) is 58.0 Å². The molecule has 5 nitrogen and oxygen atoms in total. The van der Waals surface area contributed by atoms with Crippen molar-refractivity contribution < 1.29 is 9.53 Å². The van der Waals surface area contributed by atoms with Crippen molar-refractivity contribution in [1.82, 2.24) is 14.7 Å². The summed E-state index contributed by atoms with van der Waals surface area (Å²) in [4.78, 5) is 19.4. The second kappa shape index (κ2) is 11.6. The fourth-order valence-electron chi connectivity index (χ4n) is 5.55. The predicted octanol–water partition coefficient (Wildman–Crippen LogP) is 3.68. The molecule has 172 valence electrons. The summed E-state index contributed by atoms with van der Waals surface area (Å²) in [5.41, 5.74) is 2.11. The van der Waals surface area contributed by atoms with Gasteiger partial charge < -0.3 is 9.64 Å². The van der Waals surface area contributed by atoms with Crippen LogP contribution in [0.2, 0.25) is 0 Å². The van der Waals surface area contributed by atoms with Crippen LogP contribution in [0.1, 0.15) is 61.4 Å². The number of ether oxygens (including phenoxy) is 1. The number of likely N-dealkylation sites (tertiary alicyclic amines) is 1. The fraction of sp³-hybridized carbons (Fsp3) is 0.731. The Labute approximate surface area is 188 Å². The molecule has 0 aromatic heterocycles. The average Bonchev–Trinajstić information content (AvgIpc) is 2.80. The minimum Gasteiger partial charge on any atom is -0.381 e. The largest absolute Gasteiger partial charge is 0.381 e. The van der Waals surface area contributed by atoms with Crippen LogP contribution in [0, 0.1) is 5.92 Å². The summed E-state index contributed by atoms with van der Waals surface area (Å²) in [6, 6.07) is 8.83. The van der Waals surface area contributed by atoms with Gasteiger partial charge in [-0.3, -0.25) is 14.6 Å². The second-order valence-corrected chi connectivity index (χ2v) is 9.90. The second-order valence-electron chi connectivity index (χ2n) is 9.90. The molecule has 0 bridgehead atoms. The van der Waals surface area contributed by atoms with Crippen molar-refractivity contribution in [2.75, 3.05) is 59.0 Å². The molecule has 3 aliphatic heterocycles. The van der Waals surface area contributed by atoms with Gasteiger partial charge >= 0.3 is 0 Å². The third kappa shape index (κ3) is 6.85. The summed E-state index contributed by atoms with van der Waals surface area (Å²) in [5, 5.41) is 0. The number of hydrogen-bond acceptors (Lipinski definition) is 5. The van der Waals surface area contributed by atoms with E-state index in [4.69, 9.17) is 4.74 Å². The predicted molar refractivity (Wildman–Crippen MR) is 126 cm³/mol. The molecular formula is C26H41N3O2. The molecule has 5 heteroatoms. The molecule has 0 spiro atoms. The minimum absolute atomic E-state index is 0.141. The quantitative estimate of drug-likeness (QED) is 0.444. The molecule has 2 atom stereocenters. The number of piperazine rings is 1. The molecule has 0 radical (unpaired) electrons. The Balaban J connectivity index is 1.15. The van der Waals surface area contributed by atoms with E-state index in [2.05, 4.69) is 26.8 Å². The Morgan fingerprint density at radius 3 is 2.58 bits per heavy atom. The maximum absolute atomic E-state index is 11.5. The van der Waals surface area contributed by atoms with Gasteiger partial charge in [0.15, 0.2) is 5.78 Å². The molecule has 0 amide bonds. The summed E-state index contributed by atoms with van der Waals surface area (Å²) in [6.07, 6.45) is 7.90. The van der Waals surface area contributed by atoms with Crippen LogP contribution in [0.3, 0.4) is 0 Å². The topological polar surface area (TPSA) is 36.0 Å². The van der Waals surface area contributed by atoms with E-state index in [0.717, 1.165) is 38.4 Å². The molecule has 0 aliphatic carbocycles. The molecule has 3 aliphatic rings. The van der Waals surface area contributed by atoms with E-state index in [-0.39, 0.29) is 5.78 Å². The number of ketones is 1. The number of carbonyl (C=O) groups is 1. The first kappa shape index (κ1) is 22.9. The van der Waals surface area contributed by atoms with Crippen molar-refractivity contribution >= 4 is 5.78 Å². The number of piperidine rings is 2. The van der Waals surface area contributed by atoms with Crippen LogP contribution in [0.4, 0.5) is 0 Å². The van der Waals surface area contributed by atoms with Gasteiger partial charge in [0.05, 0.1) is 0 Å². The highest BCUT2D eigenvalue weighted by atomic mass is 16.5. The molecule has 31 heavy (non-hydrogen) atoms. The highest BCUT2D eigenvalue weighted by Crippen LogP contribution is 2.27. The van der Waals surface area contributed by atoms with Crippen molar-refractivity contribution in [2.24, 2.45) is 5.92 Å². The first-order chi connectivity index (χ1) is 15.2. The molecule has 3 heterocycles. The van der Waals surface area contributed by atoms with E-state index < -0.39 is 0 Å². The van der Waals surface area contributed by atoms with Crippen LogP contribution in [-0.2, 0) is 11.3 Å². The van der Waals surface area contributed by atoms with E-state index in [1.165, 1.54) is 76.8 Å². The van der Waals surface area contributed by atoms with Crippen molar-refractivity contribution in [1.29, 1.82) is 0 Å². The number of benzene rings is 1. The molecular weight excluding hydrogens is 386 g/mol. The number of fused-ring (bicyclic) bond motifs is 1. The average molecular weight is 428 g/mol. The van der Waals surface area contributed by atoms with Gasteiger partial charge in [0.25, 0.3) is 0 Å². The molecule has 3 saturated heterocycles. The first-order valence-corrected chi connectivity index (χ1v) is 12.5. The van der Waals surface area contributed by atoms with Gasteiger partial charge in [0.2, 0.25) is 0 Å². The lowest BCUT2D eigenvalue weighted by Gasteiger charge is -2.46. The van der Waals surface area contributed by atoms with Crippen LogP contribution in [0.15, 0.2) is 24.3 Å². The number of hydrogen-bond donors (Lipinski definition) is 0. The van der Waals surface area contributed by atoms with Crippen molar-refractivity contribution in [3.8, 4) is 0 Å². The van der Waals surface area contributed by atoms with E-state index in [1.807, 2.05) is 12.1 Å². The lowest BCUT2D eigenvalue weighted by atomic mass is 9.90. The Morgan fingerprint density at radius 2 is 1.81 bits per heavy atom. The number of carbonyl (C=O) groups excluding carboxylic acids is 1.